The Morgan fingerprint density at radius 2 is 2.17 bits per heavy atom. The lowest BCUT2D eigenvalue weighted by Crippen LogP contribution is -2.14. The molecule has 1 aliphatic rings. The molecule has 0 saturated carbocycles. The first-order valence-electron chi connectivity index (χ1n) is 6.52. The van der Waals surface area contributed by atoms with Crippen LogP contribution in [0.5, 0.6) is 0 Å². The van der Waals surface area contributed by atoms with Crippen LogP contribution in [0, 0.1) is 0 Å². The third kappa shape index (κ3) is 2.19. The van der Waals surface area contributed by atoms with E-state index in [2.05, 4.69) is 45.7 Å². The van der Waals surface area contributed by atoms with Crippen molar-refractivity contribution < 1.29 is 4.74 Å². The smallest absolute Gasteiger partial charge is 0.140 e. The quantitative estimate of drug-likeness (QED) is 0.848. The van der Waals surface area contributed by atoms with Crippen LogP contribution in [-0.4, -0.2) is 22.6 Å². The molecule has 96 valence electrons. The van der Waals surface area contributed by atoms with Crippen LogP contribution in [0.1, 0.15) is 36.9 Å². The molecule has 4 heteroatoms. The van der Waals surface area contributed by atoms with E-state index in [1.807, 2.05) is 0 Å². The highest BCUT2D eigenvalue weighted by Crippen LogP contribution is 2.28. The van der Waals surface area contributed by atoms with Crippen molar-refractivity contribution in [3.63, 3.8) is 0 Å². The molecule has 0 atom stereocenters. The van der Waals surface area contributed by atoms with Crippen LogP contribution in [0.3, 0.4) is 0 Å². The Morgan fingerprint density at radius 1 is 1.39 bits per heavy atom. The Morgan fingerprint density at radius 3 is 2.89 bits per heavy atom. The molecule has 1 fully saturated rings. The van der Waals surface area contributed by atoms with Crippen molar-refractivity contribution in [3.8, 4) is 0 Å². The van der Waals surface area contributed by atoms with Gasteiger partial charge in [-0.2, -0.15) is 0 Å². The van der Waals surface area contributed by atoms with Crippen molar-refractivity contribution in [2.75, 3.05) is 13.2 Å². The van der Waals surface area contributed by atoms with Crippen LogP contribution in [-0.2, 0) is 11.2 Å². The van der Waals surface area contributed by atoms with Crippen molar-refractivity contribution >= 4 is 21.6 Å². The molecule has 0 radical (unpaired) electrons. The summed E-state index contributed by atoms with van der Waals surface area (Å²) in [7, 11) is 0. The number of ether oxygens (including phenoxy) is 1. The molecule has 0 bridgehead atoms. The lowest BCUT2D eigenvalue weighted by atomic mass is 9.97. The molecule has 2 aromatic rings. The van der Waals surface area contributed by atoms with Crippen molar-refractivity contribution in [3.05, 3.63) is 34.2 Å². The fourth-order valence-electron chi connectivity index (χ4n) is 2.60. The second kappa shape index (κ2) is 5.02. The number of rotatable bonds is 2. The minimum absolute atomic E-state index is 0.558. The van der Waals surface area contributed by atoms with Gasteiger partial charge in [0.25, 0.3) is 0 Å². The van der Waals surface area contributed by atoms with E-state index in [1.54, 1.807) is 0 Å². The lowest BCUT2D eigenvalue weighted by Gasteiger charge is -2.19. The summed E-state index contributed by atoms with van der Waals surface area (Å²) in [5.74, 6) is 0.558. The van der Waals surface area contributed by atoms with Gasteiger partial charge in [0.2, 0.25) is 0 Å². The standard InChI is InChI=1S/C14H17BrN2O/c1-2-10-7-12(15)8-17-9-13(16-14(10)17)11-3-5-18-6-4-11/h7-9,11H,2-6H2,1H3. The van der Waals surface area contributed by atoms with Crippen LogP contribution in [0.4, 0.5) is 0 Å². The van der Waals surface area contributed by atoms with Crippen molar-refractivity contribution in [1.82, 2.24) is 9.38 Å². The topological polar surface area (TPSA) is 26.5 Å². The van der Waals surface area contributed by atoms with Gasteiger partial charge >= 0.3 is 0 Å². The number of fused-ring (bicyclic) bond motifs is 1. The maximum atomic E-state index is 5.42. The van der Waals surface area contributed by atoms with Gasteiger partial charge in [-0.3, -0.25) is 0 Å². The van der Waals surface area contributed by atoms with E-state index in [0.29, 0.717) is 5.92 Å². The van der Waals surface area contributed by atoms with E-state index in [-0.39, 0.29) is 0 Å². The Bertz CT molecular complexity index is 558. The molecule has 0 aromatic carbocycles. The molecule has 0 spiro atoms. The SMILES string of the molecule is CCc1cc(Br)cn2cc(C3CCOCC3)nc12. The highest BCUT2D eigenvalue weighted by atomic mass is 79.9. The minimum atomic E-state index is 0.558. The second-order valence-corrected chi connectivity index (χ2v) is 5.74. The van der Waals surface area contributed by atoms with E-state index < -0.39 is 0 Å². The molecule has 2 aromatic heterocycles. The molecule has 1 saturated heterocycles. The number of hydrogen-bond donors (Lipinski definition) is 0. The largest absolute Gasteiger partial charge is 0.381 e. The van der Waals surface area contributed by atoms with Gasteiger partial charge in [-0.05, 0) is 46.8 Å². The molecule has 1 aliphatic heterocycles. The van der Waals surface area contributed by atoms with Crippen molar-refractivity contribution in [2.24, 2.45) is 0 Å². The van der Waals surface area contributed by atoms with Crippen LogP contribution >= 0.6 is 15.9 Å². The summed E-state index contributed by atoms with van der Waals surface area (Å²) in [6.07, 6.45) is 7.45. The van der Waals surface area contributed by atoms with Gasteiger partial charge in [0.15, 0.2) is 0 Å². The van der Waals surface area contributed by atoms with Crippen LogP contribution < -0.4 is 0 Å². The van der Waals surface area contributed by atoms with E-state index in [0.717, 1.165) is 42.6 Å². The minimum Gasteiger partial charge on any atom is -0.381 e. The maximum Gasteiger partial charge on any atom is 0.140 e. The Labute approximate surface area is 115 Å². The monoisotopic (exact) mass is 308 g/mol. The van der Waals surface area contributed by atoms with Gasteiger partial charge in [0.05, 0.1) is 5.69 Å². The summed E-state index contributed by atoms with van der Waals surface area (Å²) < 4.78 is 8.68. The molecule has 3 heterocycles. The van der Waals surface area contributed by atoms with Gasteiger partial charge in [-0.25, -0.2) is 4.98 Å². The third-order valence-corrected chi connectivity index (χ3v) is 4.07. The third-order valence-electron chi connectivity index (χ3n) is 3.63. The van der Waals surface area contributed by atoms with E-state index in [4.69, 9.17) is 9.72 Å². The zero-order valence-corrected chi connectivity index (χ0v) is 12.1. The van der Waals surface area contributed by atoms with Gasteiger partial charge in [0, 0.05) is 36.0 Å². The number of pyridine rings is 1. The predicted molar refractivity (Wildman–Crippen MR) is 75.1 cm³/mol. The zero-order chi connectivity index (χ0) is 12.5. The van der Waals surface area contributed by atoms with Gasteiger partial charge in [-0.1, -0.05) is 6.92 Å². The number of aromatic nitrogens is 2. The molecule has 3 nitrogen and oxygen atoms in total. The molecule has 0 unspecified atom stereocenters. The number of imidazole rings is 1. The predicted octanol–water partition coefficient (Wildman–Crippen LogP) is 3.55. The summed E-state index contributed by atoms with van der Waals surface area (Å²) in [6.45, 7) is 3.90. The normalized spacial score (nSPS) is 17.4. The Kier molecular flexibility index (Phi) is 3.39. The van der Waals surface area contributed by atoms with Crippen LogP contribution in [0.15, 0.2) is 22.9 Å². The molecular weight excluding hydrogens is 292 g/mol. The Balaban J connectivity index is 2.04. The molecule has 0 aliphatic carbocycles. The van der Waals surface area contributed by atoms with E-state index in [1.165, 1.54) is 11.3 Å². The highest BCUT2D eigenvalue weighted by molar-refractivity contribution is 9.10. The number of aryl methyl sites for hydroxylation is 1. The van der Waals surface area contributed by atoms with Crippen molar-refractivity contribution in [1.29, 1.82) is 0 Å². The Hall–Kier alpha value is -0.870. The molecule has 0 N–H and O–H groups in total. The number of hydrogen-bond acceptors (Lipinski definition) is 2. The number of halogens is 1. The maximum absolute atomic E-state index is 5.42. The summed E-state index contributed by atoms with van der Waals surface area (Å²) >= 11 is 3.56. The lowest BCUT2D eigenvalue weighted by molar-refractivity contribution is 0.0846. The summed E-state index contributed by atoms with van der Waals surface area (Å²) in [5, 5.41) is 0. The van der Waals surface area contributed by atoms with Crippen LogP contribution in [0.2, 0.25) is 0 Å². The fraction of sp³-hybridized carbons (Fsp3) is 0.500. The molecule has 18 heavy (non-hydrogen) atoms. The van der Waals surface area contributed by atoms with Gasteiger partial charge in [0.1, 0.15) is 5.65 Å². The second-order valence-electron chi connectivity index (χ2n) is 4.82. The first kappa shape index (κ1) is 12.2. The summed E-state index contributed by atoms with van der Waals surface area (Å²) in [6, 6.07) is 2.16. The molecule has 3 rings (SSSR count). The first-order chi connectivity index (χ1) is 8.78. The van der Waals surface area contributed by atoms with Crippen molar-refractivity contribution in [2.45, 2.75) is 32.1 Å². The molecule has 0 amide bonds. The van der Waals surface area contributed by atoms with Gasteiger partial charge in [-0.15, -0.1) is 0 Å². The average molecular weight is 309 g/mol. The highest BCUT2D eigenvalue weighted by Gasteiger charge is 2.19. The van der Waals surface area contributed by atoms with Crippen LogP contribution in [0.25, 0.3) is 5.65 Å². The van der Waals surface area contributed by atoms with E-state index >= 15 is 0 Å². The van der Waals surface area contributed by atoms with Gasteiger partial charge < -0.3 is 9.14 Å². The first-order valence-corrected chi connectivity index (χ1v) is 7.32. The zero-order valence-electron chi connectivity index (χ0n) is 10.5. The molecular formula is C14H17BrN2O. The average Bonchev–Trinajstić information content (AvgIpc) is 2.82. The van der Waals surface area contributed by atoms with E-state index in [9.17, 15) is 0 Å². The summed E-state index contributed by atoms with van der Waals surface area (Å²) in [4.78, 5) is 4.83. The number of nitrogens with zero attached hydrogens (tertiary/aromatic N) is 2. The summed E-state index contributed by atoms with van der Waals surface area (Å²) in [5.41, 5.74) is 3.61. The fourth-order valence-corrected chi connectivity index (χ4v) is 3.10.